The maximum atomic E-state index is 11.4. The number of likely N-dealkylation sites (tertiary alicyclic amines) is 1. The first-order valence-electron chi connectivity index (χ1n) is 6.54. The van der Waals surface area contributed by atoms with Crippen LogP contribution in [0.1, 0.15) is 24.0 Å². The molecule has 0 bridgehead atoms. The number of hydrogen-bond acceptors (Lipinski definition) is 2. The third-order valence-electron chi connectivity index (χ3n) is 3.51. The molecule has 0 aliphatic carbocycles. The van der Waals surface area contributed by atoms with E-state index in [0.29, 0.717) is 10.1 Å². The van der Waals surface area contributed by atoms with Gasteiger partial charge in [-0.3, -0.25) is 4.79 Å². The Morgan fingerprint density at radius 3 is 2.80 bits per heavy atom. The van der Waals surface area contributed by atoms with Gasteiger partial charge < -0.3 is 16.0 Å². The predicted octanol–water partition coefficient (Wildman–Crippen LogP) is 2.60. The number of amides is 1. The molecule has 1 aliphatic rings. The van der Waals surface area contributed by atoms with Crippen LogP contribution in [0.5, 0.6) is 0 Å². The molecule has 6 heteroatoms. The molecule has 0 saturated carbocycles. The summed E-state index contributed by atoms with van der Waals surface area (Å²) >= 11 is 11.6. The van der Waals surface area contributed by atoms with Gasteiger partial charge in [-0.2, -0.15) is 0 Å². The molecule has 0 aromatic heterocycles. The van der Waals surface area contributed by atoms with Crippen molar-refractivity contribution < 1.29 is 4.79 Å². The largest absolute Gasteiger partial charge is 0.368 e. The smallest absolute Gasteiger partial charge is 0.240 e. The predicted molar refractivity (Wildman–Crippen MR) is 86.1 cm³/mol. The molecule has 0 unspecified atom stereocenters. The Balaban J connectivity index is 2.18. The summed E-state index contributed by atoms with van der Waals surface area (Å²) in [6, 6.07) is 3.60. The van der Waals surface area contributed by atoms with Gasteiger partial charge in [0.1, 0.15) is 6.04 Å². The second-order valence-electron chi connectivity index (χ2n) is 5.12. The van der Waals surface area contributed by atoms with E-state index in [1.807, 2.05) is 30.9 Å². The van der Waals surface area contributed by atoms with Crippen molar-refractivity contribution in [3.05, 3.63) is 28.3 Å². The summed E-state index contributed by atoms with van der Waals surface area (Å²) in [6.45, 7) is 4.70. The second-order valence-corrected chi connectivity index (χ2v) is 5.92. The van der Waals surface area contributed by atoms with E-state index in [9.17, 15) is 4.79 Å². The van der Waals surface area contributed by atoms with Crippen LogP contribution in [-0.2, 0) is 4.79 Å². The van der Waals surface area contributed by atoms with E-state index < -0.39 is 0 Å². The van der Waals surface area contributed by atoms with Gasteiger partial charge in [-0.05, 0) is 56.1 Å². The lowest BCUT2D eigenvalue weighted by atomic mass is 10.1. The molecule has 1 aromatic carbocycles. The fraction of sp³-hybridized carbons (Fsp3) is 0.429. The molecule has 4 nitrogen and oxygen atoms in total. The van der Waals surface area contributed by atoms with Gasteiger partial charge in [-0.25, -0.2) is 0 Å². The molecule has 2 rings (SSSR count). The minimum Gasteiger partial charge on any atom is -0.368 e. The molecule has 108 valence electrons. The van der Waals surface area contributed by atoms with Crippen LogP contribution in [0, 0.1) is 13.8 Å². The van der Waals surface area contributed by atoms with E-state index in [-0.39, 0.29) is 11.9 Å². The molecular formula is C14H18ClN3OS. The molecule has 1 atom stereocenters. The number of nitrogens with one attached hydrogen (secondary N) is 1. The monoisotopic (exact) mass is 311 g/mol. The van der Waals surface area contributed by atoms with Gasteiger partial charge in [0.2, 0.25) is 5.91 Å². The number of thiocarbonyl (C=S) groups is 1. The quantitative estimate of drug-likeness (QED) is 0.824. The first-order chi connectivity index (χ1) is 9.40. The number of nitrogens with two attached hydrogens (primary N) is 1. The van der Waals surface area contributed by atoms with Crippen LogP contribution in [0.4, 0.5) is 5.69 Å². The van der Waals surface area contributed by atoms with E-state index in [0.717, 1.165) is 36.2 Å². The minimum absolute atomic E-state index is 0.320. The highest BCUT2D eigenvalue weighted by atomic mass is 35.5. The first kappa shape index (κ1) is 15.1. The zero-order valence-corrected chi connectivity index (χ0v) is 13.1. The molecular weight excluding hydrogens is 294 g/mol. The van der Waals surface area contributed by atoms with E-state index in [1.54, 1.807) is 0 Å². The second kappa shape index (κ2) is 5.97. The number of carbonyl (C=O) groups is 1. The van der Waals surface area contributed by atoms with Gasteiger partial charge in [0.25, 0.3) is 0 Å². The fourth-order valence-corrected chi connectivity index (χ4v) is 3.25. The first-order valence-corrected chi connectivity index (χ1v) is 7.32. The summed E-state index contributed by atoms with van der Waals surface area (Å²) in [5.41, 5.74) is 8.31. The average Bonchev–Trinajstić information content (AvgIpc) is 2.82. The van der Waals surface area contributed by atoms with Gasteiger partial charge in [0, 0.05) is 6.54 Å². The number of carbonyl (C=O) groups excluding carboxylic acids is 1. The zero-order chi connectivity index (χ0) is 14.9. The Morgan fingerprint density at radius 2 is 2.20 bits per heavy atom. The fourth-order valence-electron chi connectivity index (χ4n) is 2.56. The summed E-state index contributed by atoms with van der Waals surface area (Å²) in [7, 11) is 0. The number of rotatable bonds is 2. The van der Waals surface area contributed by atoms with Gasteiger partial charge in [0.15, 0.2) is 5.11 Å². The number of nitrogens with zero attached hydrogens (tertiary/aromatic N) is 1. The van der Waals surface area contributed by atoms with E-state index >= 15 is 0 Å². The van der Waals surface area contributed by atoms with Crippen LogP contribution < -0.4 is 11.1 Å². The third-order valence-corrected chi connectivity index (χ3v) is 4.14. The molecule has 1 amide bonds. The Bertz CT molecular complexity index is 538. The van der Waals surface area contributed by atoms with Crippen molar-refractivity contribution in [1.29, 1.82) is 0 Å². The highest BCUT2D eigenvalue weighted by Crippen LogP contribution is 2.28. The third kappa shape index (κ3) is 3.04. The van der Waals surface area contributed by atoms with Gasteiger partial charge in [-0.15, -0.1) is 0 Å². The number of primary amides is 1. The van der Waals surface area contributed by atoms with Crippen LogP contribution in [0.3, 0.4) is 0 Å². The molecule has 3 N–H and O–H groups in total. The lowest BCUT2D eigenvalue weighted by Crippen LogP contribution is -2.45. The maximum absolute atomic E-state index is 11.4. The van der Waals surface area contributed by atoms with Crippen LogP contribution in [0.15, 0.2) is 12.1 Å². The summed E-state index contributed by atoms with van der Waals surface area (Å²) in [5.74, 6) is -0.335. The van der Waals surface area contributed by atoms with Crippen LogP contribution in [0.2, 0.25) is 5.02 Å². The molecule has 1 fully saturated rings. The number of benzene rings is 1. The van der Waals surface area contributed by atoms with Gasteiger partial charge in [-0.1, -0.05) is 17.7 Å². The lowest BCUT2D eigenvalue weighted by Gasteiger charge is -2.26. The Hall–Kier alpha value is -1.33. The number of halogens is 1. The van der Waals surface area contributed by atoms with Crippen molar-refractivity contribution in [2.24, 2.45) is 5.73 Å². The average molecular weight is 312 g/mol. The van der Waals surface area contributed by atoms with Crippen LogP contribution >= 0.6 is 23.8 Å². The van der Waals surface area contributed by atoms with E-state index in [2.05, 4.69) is 5.32 Å². The molecule has 0 spiro atoms. The van der Waals surface area contributed by atoms with Crippen molar-refractivity contribution in [1.82, 2.24) is 4.90 Å². The van der Waals surface area contributed by atoms with Crippen molar-refractivity contribution in [2.45, 2.75) is 32.7 Å². The van der Waals surface area contributed by atoms with Crippen molar-refractivity contribution >= 4 is 40.5 Å². The maximum Gasteiger partial charge on any atom is 0.240 e. The van der Waals surface area contributed by atoms with Crippen LogP contribution in [-0.4, -0.2) is 28.5 Å². The van der Waals surface area contributed by atoms with Gasteiger partial charge >= 0.3 is 0 Å². The standard InChI is InChI=1S/C14H18ClN3OS/c1-8-6-9(2)12(10(15)7-8)17-14(20)18-5-3-4-11(18)13(16)19/h6-7,11H,3-5H2,1-2H3,(H2,16,19)(H,17,20)/t11-/m1/s1. The van der Waals surface area contributed by atoms with Gasteiger partial charge in [0.05, 0.1) is 10.7 Å². The Morgan fingerprint density at radius 1 is 1.50 bits per heavy atom. The van der Waals surface area contributed by atoms with E-state index in [1.165, 1.54) is 0 Å². The highest BCUT2D eigenvalue weighted by Gasteiger charge is 2.31. The molecule has 0 radical (unpaired) electrons. The number of anilines is 1. The molecule has 1 aromatic rings. The zero-order valence-electron chi connectivity index (χ0n) is 11.6. The lowest BCUT2D eigenvalue weighted by molar-refractivity contribution is -0.121. The van der Waals surface area contributed by atoms with Crippen LogP contribution in [0.25, 0.3) is 0 Å². The number of hydrogen-bond donors (Lipinski definition) is 2. The SMILES string of the molecule is Cc1cc(C)c(NC(=S)N2CCC[C@@H]2C(N)=O)c(Cl)c1. The minimum atomic E-state index is -0.335. The van der Waals surface area contributed by atoms with Crippen molar-refractivity contribution in [2.75, 3.05) is 11.9 Å². The summed E-state index contributed by atoms with van der Waals surface area (Å²) in [4.78, 5) is 13.3. The summed E-state index contributed by atoms with van der Waals surface area (Å²) in [6.07, 6.45) is 1.66. The molecule has 1 saturated heterocycles. The topological polar surface area (TPSA) is 58.4 Å². The normalized spacial score (nSPS) is 18.1. The Labute approximate surface area is 129 Å². The van der Waals surface area contributed by atoms with Crippen molar-refractivity contribution in [3.63, 3.8) is 0 Å². The molecule has 1 heterocycles. The summed E-state index contributed by atoms with van der Waals surface area (Å²) in [5, 5.41) is 4.27. The molecule has 20 heavy (non-hydrogen) atoms. The summed E-state index contributed by atoms with van der Waals surface area (Å²) < 4.78 is 0. The van der Waals surface area contributed by atoms with E-state index in [4.69, 9.17) is 29.6 Å². The number of aryl methyl sites for hydroxylation is 2. The van der Waals surface area contributed by atoms with Crippen molar-refractivity contribution in [3.8, 4) is 0 Å². The Kier molecular flexibility index (Phi) is 4.50. The molecule has 1 aliphatic heterocycles. The highest BCUT2D eigenvalue weighted by molar-refractivity contribution is 7.80.